The lowest BCUT2D eigenvalue weighted by Gasteiger charge is -2.23. The van der Waals surface area contributed by atoms with Crippen LogP contribution in [0.25, 0.3) is 0 Å². The summed E-state index contributed by atoms with van der Waals surface area (Å²) in [5.41, 5.74) is 3.01. The first-order chi connectivity index (χ1) is 19.0. The molecule has 12 heteroatoms. The van der Waals surface area contributed by atoms with E-state index in [0.717, 1.165) is 50.1 Å². The number of amides is 2. The second-order valence-electron chi connectivity index (χ2n) is 9.02. The van der Waals surface area contributed by atoms with E-state index in [-0.39, 0.29) is 17.0 Å². The average molecular weight is 594 g/mol. The Kier molecular flexibility index (Phi) is 11.3. The van der Waals surface area contributed by atoms with Crippen LogP contribution in [-0.2, 0) is 12.7 Å². The number of carbonyl (C=O) groups is 2. The minimum Gasteiger partial charge on any atom is -0.313 e. The quantitative estimate of drug-likeness (QED) is 0.193. The summed E-state index contributed by atoms with van der Waals surface area (Å²) in [6.07, 6.45) is -3.53. The predicted molar refractivity (Wildman–Crippen MR) is 154 cm³/mol. The minimum atomic E-state index is -4.62. The van der Waals surface area contributed by atoms with Crippen molar-refractivity contribution in [1.29, 1.82) is 0 Å². The highest BCUT2D eigenvalue weighted by Crippen LogP contribution is 2.34. The van der Waals surface area contributed by atoms with Gasteiger partial charge in [-0.25, -0.2) is 5.43 Å². The monoisotopic (exact) mass is 593 g/mol. The molecule has 0 aliphatic heterocycles. The van der Waals surface area contributed by atoms with Crippen LogP contribution in [0, 0.1) is 0 Å². The van der Waals surface area contributed by atoms with Gasteiger partial charge in [0.1, 0.15) is 5.00 Å². The molecule has 40 heavy (non-hydrogen) atoms. The topological polar surface area (TPSA) is 77.0 Å². The molecule has 1 aromatic heterocycles. The summed E-state index contributed by atoms with van der Waals surface area (Å²) in [6.45, 7) is 8.82. The van der Waals surface area contributed by atoms with Gasteiger partial charge in [-0.05, 0) is 67.0 Å². The SMILES string of the molecule is CCN(CC)CCN(C)Cc1cccc(C(=O)Nc2sccc2C(=O)N/N=C/c2ccc(Cl)c(C(F)(F)F)c2)c1. The first-order valence-electron chi connectivity index (χ1n) is 12.6. The Balaban J connectivity index is 1.61. The fourth-order valence-corrected chi connectivity index (χ4v) is 4.88. The van der Waals surface area contributed by atoms with E-state index in [1.165, 1.54) is 23.5 Å². The summed E-state index contributed by atoms with van der Waals surface area (Å²) in [4.78, 5) is 30.2. The van der Waals surface area contributed by atoms with E-state index in [9.17, 15) is 22.8 Å². The molecule has 2 aromatic carbocycles. The van der Waals surface area contributed by atoms with Gasteiger partial charge in [-0.3, -0.25) is 9.59 Å². The third-order valence-corrected chi connectivity index (χ3v) is 7.31. The molecule has 0 unspecified atom stereocenters. The van der Waals surface area contributed by atoms with Crippen LogP contribution in [-0.4, -0.2) is 61.1 Å². The molecule has 2 amide bonds. The maximum Gasteiger partial charge on any atom is 0.417 e. The number of carbonyl (C=O) groups excluding carboxylic acids is 2. The normalized spacial score (nSPS) is 11.9. The molecule has 0 saturated heterocycles. The minimum absolute atomic E-state index is 0.106. The number of halogens is 4. The van der Waals surface area contributed by atoms with Crippen molar-refractivity contribution in [2.45, 2.75) is 26.6 Å². The van der Waals surface area contributed by atoms with Crippen molar-refractivity contribution in [1.82, 2.24) is 15.2 Å². The highest BCUT2D eigenvalue weighted by atomic mass is 35.5. The largest absolute Gasteiger partial charge is 0.417 e. The van der Waals surface area contributed by atoms with Crippen LogP contribution in [0.4, 0.5) is 18.2 Å². The average Bonchev–Trinajstić information content (AvgIpc) is 3.38. The molecule has 7 nitrogen and oxygen atoms in total. The van der Waals surface area contributed by atoms with E-state index in [1.807, 2.05) is 25.2 Å². The molecule has 0 aliphatic rings. The second-order valence-corrected chi connectivity index (χ2v) is 10.3. The highest BCUT2D eigenvalue weighted by molar-refractivity contribution is 7.14. The van der Waals surface area contributed by atoms with Gasteiger partial charge in [0.2, 0.25) is 0 Å². The molecule has 3 aromatic rings. The molecule has 214 valence electrons. The van der Waals surface area contributed by atoms with Gasteiger partial charge < -0.3 is 15.1 Å². The summed E-state index contributed by atoms with van der Waals surface area (Å²) < 4.78 is 39.2. The molecule has 0 bridgehead atoms. The van der Waals surface area contributed by atoms with Gasteiger partial charge in [-0.2, -0.15) is 18.3 Å². The summed E-state index contributed by atoms with van der Waals surface area (Å²) >= 11 is 6.80. The van der Waals surface area contributed by atoms with Crippen LogP contribution >= 0.6 is 22.9 Å². The number of hydrazone groups is 1. The van der Waals surface area contributed by atoms with Crippen LogP contribution in [0.2, 0.25) is 5.02 Å². The summed E-state index contributed by atoms with van der Waals surface area (Å²) in [5.74, 6) is -0.991. The number of hydrogen-bond acceptors (Lipinski definition) is 6. The highest BCUT2D eigenvalue weighted by Gasteiger charge is 2.33. The van der Waals surface area contributed by atoms with E-state index < -0.39 is 22.7 Å². The number of benzene rings is 2. The molecule has 1 heterocycles. The number of anilines is 1. The number of hydrogen-bond donors (Lipinski definition) is 2. The van der Waals surface area contributed by atoms with Crippen molar-refractivity contribution in [2.24, 2.45) is 5.10 Å². The lowest BCUT2D eigenvalue weighted by atomic mass is 10.1. The summed E-state index contributed by atoms with van der Waals surface area (Å²) in [5, 5.41) is 8.06. The first-order valence-corrected chi connectivity index (χ1v) is 13.9. The lowest BCUT2D eigenvalue weighted by molar-refractivity contribution is -0.137. The van der Waals surface area contributed by atoms with E-state index in [4.69, 9.17) is 11.6 Å². The maximum absolute atomic E-state index is 13.1. The zero-order valence-corrected chi connectivity index (χ0v) is 24.0. The van der Waals surface area contributed by atoms with Gasteiger partial charge in [0, 0.05) is 25.2 Å². The van der Waals surface area contributed by atoms with Crippen molar-refractivity contribution < 1.29 is 22.8 Å². The van der Waals surface area contributed by atoms with Crippen molar-refractivity contribution in [3.8, 4) is 0 Å². The Hall–Kier alpha value is -3.25. The fourth-order valence-electron chi connectivity index (χ4n) is 3.88. The van der Waals surface area contributed by atoms with Crippen molar-refractivity contribution in [3.63, 3.8) is 0 Å². The van der Waals surface area contributed by atoms with Crippen molar-refractivity contribution in [2.75, 3.05) is 38.5 Å². The molecule has 0 aliphatic carbocycles. The third kappa shape index (κ3) is 8.88. The van der Waals surface area contributed by atoms with E-state index in [1.54, 1.807) is 11.4 Å². The predicted octanol–water partition coefficient (Wildman–Crippen LogP) is 6.21. The van der Waals surface area contributed by atoms with Gasteiger partial charge in [-0.15, -0.1) is 11.3 Å². The Bertz CT molecular complexity index is 1340. The van der Waals surface area contributed by atoms with Gasteiger partial charge in [0.05, 0.1) is 22.4 Å². The van der Waals surface area contributed by atoms with Crippen LogP contribution in [0.15, 0.2) is 59.0 Å². The summed E-state index contributed by atoms with van der Waals surface area (Å²) in [6, 6.07) is 12.1. The second kappa shape index (κ2) is 14.4. The zero-order chi connectivity index (χ0) is 29.3. The number of likely N-dealkylation sites (N-methyl/N-ethyl adjacent to an activating group) is 2. The van der Waals surface area contributed by atoms with Crippen LogP contribution in [0.5, 0.6) is 0 Å². The Labute approximate surface area is 240 Å². The first kappa shape index (κ1) is 31.3. The fraction of sp³-hybridized carbons (Fsp3) is 0.321. The molecule has 0 saturated carbocycles. The van der Waals surface area contributed by atoms with Crippen LogP contribution < -0.4 is 10.7 Å². The molecule has 2 N–H and O–H groups in total. The van der Waals surface area contributed by atoms with Crippen LogP contribution in [0.1, 0.15) is 51.3 Å². The maximum atomic E-state index is 13.1. The van der Waals surface area contributed by atoms with Crippen molar-refractivity contribution in [3.05, 3.63) is 86.8 Å². The molecule has 3 rings (SSSR count). The van der Waals surface area contributed by atoms with E-state index in [0.29, 0.717) is 17.1 Å². The molecule has 0 radical (unpaired) electrons. The number of alkyl halides is 3. The number of nitrogens with zero attached hydrogens (tertiary/aromatic N) is 3. The zero-order valence-electron chi connectivity index (χ0n) is 22.4. The van der Waals surface area contributed by atoms with Crippen LogP contribution in [0.3, 0.4) is 0 Å². The van der Waals surface area contributed by atoms with E-state index >= 15 is 0 Å². The number of thiophene rings is 1. The number of rotatable bonds is 12. The van der Waals surface area contributed by atoms with Crippen molar-refractivity contribution >= 4 is 46.0 Å². The molecule has 0 atom stereocenters. The standard InChI is InChI=1S/C28H31ClF3N5O2S/c1-4-37(5-2)13-12-36(3)18-20-7-6-8-21(15-20)25(38)34-27-22(11-14-40-27)26(39)35-33-17-19-9-10-24(29)23(16-19)28(30,31)32/h6-11,14-17H,4-5,12-13,18H2,1-3H3,(H,34,38)(H,35,39)/b33-17+. The summed E-state index contributed by atoms with van der Waals surface area (Å²) in [7, 11) is 2.04. The van der Waals surface area contributed by atoms with Gasteiger partial charge in [0.25, 0.3) is 11.8 Å². The number of nitrogens with one attached hydrogen (secondary N) is 2. The molecular formula is C28H31ClF3N5O2S. The smallest absolute Gasteiger partial charge is 0.313 e. The molecular weight excluding hydrogens is 563 g/mol. The Morgan fingerprint density at radius 2 is 1.80 bits per heavy atom. The lowest BCUT2D eigenvalue weighted by Crippen LogP contribution is -2.32. The Morgan fingerprint density at radius 3 is 2.50 bits per heavy atom. The van der Waals surface area contributed by atoms with E-state index in [2.05, 4.69) is 39.5 Å². The van der Waals surface area contributed by atoms with Gasteiger partial charge in [-0.1, -0.05) is 43.6 Å². The van der Waals surface area contributed by atoms with Gasteiger partial charge >= 0.3 is 6.18 Å². The van der Waals surface area contributed by atoms with Gasteiger partial charge in [0.15, 0.2) is 0 Å². The Morgan fingerprint density at radius 1 is 1.05 bits per heavy atom. The molecule has 0 spiro atoms. The molecule has 0 fully saturated rings. The third-order valence-electron chi connectivity index (χ3n) is 6.15.